The molecule has 0 saturated carbocycles. The highest BCUT2D eigenvalue weighted by atomic mass is 35.5. The van der Waals surface area contributed by atoms with Crippen molar-refractivity contribution < 1.29 is 9.59 Å². The highest BCUT2D eigenvalue weighted by molar-refractivity contribution is 5.97. The van der Waals surface area contributed by atoms with Gasteiger partial charge in [0.15, 0.2) is 0 Å². The fourth-order valence-corrected chi connectivity index (χ4v) is 2.26. The third kappa shape index (κ3) is 4.89. The molecule has 0 atom stereocenters. The van der Waals surface area contributed by atoms with Gasteiger partial charge in [0.25, 0.3) is 5.91 Å². The van der Waals surface area contributed by atoms with E-state index in [0.29, 0.717) is 25.2 Å². The van der Waals surface area contributed by atoms with Gasteiger partial charge in [0, 0.05) is 30.9 Å². The summed E-state index contributed by atoms with van der Waals surface area (Å²) in [6.45, 7) is 2.89. The Labute approximate surface area is 137 Å². The number of carbonyl (C=O) groups excluding carboxylic acids is 2. The van der Waals surface area contributed by atoms with Crippen LogP contribution in [0.2, 0.25) is 0 Å². The molecule has 22 heavy (non-hydrogen) atoms. The Morgan fingerprint density at radius 1 is 1.36 bits per heavy atom. The minimum Gasteiger partial charge on any atom is -0.352 e. The Hall–Kier alpha value is -1.79. The molecule has 1 aliphatic rings. The standard InChI is InChI=1S/C15H22N4O2.ClH/c1-16-7-3-8-17-14(20)12-5-2-6-13(11-12)19-10-4-9-18-15(19)21;/h2,5-6,11,16H,3-4,7-10H2,1H3,(H,17,20)(H,18,21);1H. The number of amides is 3. The van der Waals surface area contributed by atoms with Crippen LogP contribution >= 0.6 is 12.4 Å². The monoisotopic (exact) mass is 326 g/mol. The van der Waals surface area contributed by atoms with Crippen LogP contribution in [-0.2, 0) is 0 Å². The van der Waals surface area contributed by atoms with Crippen LogP contribution in [0.4, 0.5) is 10.5 Å². The molecule has 1 aliphatic heterocycles. The Kier molecular flexibility index (Phi) is 7.70. The van der Waals surface area contributed by atoms with Crippen LogP contribution in [0.1, 0.15) is 23.2 Å². The lowest BCUT2D eigenvalue weighted by Gasteiger charge is -2.27. The van der Waals surface area contributed by atoms with Crippen LogP contribution < -0.4 is 20.9 Å². The zero-order chi connectivity index (χ0) is 15.1. The van der Waals surface area contributed by atoms with E-state index < -0.39 is 0 Å². The van der Waals surface area contributed by atoms with Gasteiger partial charge in [-0.05, 0) is 44.6 Å². The van der Waals surface area contributed by atoms with E-state index in [-0.39, 0.29) is 24.3 Å². The van der Waals surface area contributed by atoms with Gasteiger partial charge in [-0.1, -0.05) is 6.07 Å². The number of hydrogen-bond acceptors (Lipinski definition) is 3. The summed E-state index contributed by atoms with van der Waals surface area (Å²) >= 11 is 0. The lowest BCUT2D eigenvalue weighted by molar-refractivity contribution is 0.0953. The van der Waals surface area contributed by atoms with Gasteiger partial charge in [-0.3, -0.25) is 9.69 Å². The lowest BCUT2D eigenvalue weighted by Crippen LogP contribution is -2.46. The zero-order valence-corrected chi connectivity index (χ0v) is 13.5. The van der Waals surface area contributed by atoms with Crippen molar-refractivity contribution in [3.05, 3.63) is 29.8 Å². The molecule has 122 valence electrons. The predicted octanol–water partition coefficient (Wildman–Crippen LogP) is 1.37. The largest absolute Gasteiger partial charge is 0.352 e. The van der Waals surface area contributed by atoms with Gasteiger partial charge in [0.2, 0.25) is 0 Å². The van der Waals surface area contributed by atoms with E-state index in [2.05, 4.69) is 16.0 Å². The van der Waals surface area contributed by atoms with Crippen molar-refractivity contribution in [3.63, 3.8) is 0 Å². The Morgan fingerprint density at radius 3 is 2.91 bits per heavy atom. The second-order valence-corrected chi connectivity index (χ2v) is 5.00. The molecule has 0 aliphatic carbocycles. The Balaban J connectivity index is 0.00000242. The number of urea groups is 1. The van der Waals surface area contributed by atoms with Gasteiger partial charge >= 0.3 is 6.03 Å². The van der Waals surface area contributed by atoms with Gasteiger partial charge in [0.05, 0.1) is 0 Å². The quantitative estimate of drug-likeness (QED) is 0.691. The van der Waals surface area contributed by atoms with E-state index in [1.165, 1.54) is 0 Å². The number of rotatable bonds is 6. The van der Waals surface area contributed by atoms with E-state index in [4.69, 9.17) is 0 Å². The molecule has 1 aromatic carbocycles. The molecule has 0 unspecified atom stereocenters. The fourth-order valence-electron chi connectivity index (χ4n) is 2.26. The minimum atomic E-state index is -0.106. The molecule has 1 aromatic rings. The molecule has 3 amide bonds. The van der Waals surface area contributed by atoms with E-state index in [0.717, 1.165) is 25.1 Å². The third-order valence-corrected chi connectivity index (χ3v) is 3.39. The number of carbonyl (C=O) groups is 2. The summed E-state index contributed by atoms with van der Waals surface area (Å²) in [5.41, 5.74) is 1.34. The highest BCUT2D eigenvalue weighted by Crippen LogP contribution is 2.18. The van der Waals surface area contributed by atoms with Crippen molar-refractivity contribution in [2.75, 3.05) is 38.1 Å². The van der Waals surface area contributed by atoms with E-state index in [1.807, 2.05) is 13.1 Å². The van der Waals surface area contributed by atoms with Gasteiger partial charge in [-0.2, -0.15) is 0 Å². The van der Waals surface area contributed by atoms with Gasteiger partial charge < -0.3 is 16.0 Å². The van der Waals surface area contributed by atoms with E-state index in [9.17, 15) is 9.59 Å². The molecule has 6 nitrogen and oxygen atoms in total. The summed E-state index contributed by atoms with van der Waals surface area (Å²) in [4.78, 5) is 25.6. The predicted molar refractivity (Wildman–Crippen MR) is 89.9 cm³/mol. The van der Waals surface area contributed by atoms with Gasteiger partial charge in [0.1, 0.15) is 0 Å². The molecule has 0 spiro atoms. The first-order valence-electron chi connectivity index (χ1n) is 7.30. The summed E-state index contributed by atoms with van der Waals surface area (Å²) in [5.74, 6) is -0.106. The second-order valence-electron chi connectivity index (χ2n) is 5.00. The molecular weight excluding hydrogens is 304 g/mol. The SMILES string of the molecule is CNCCCNC(=O)c1cccc(N2CCCNC2=O)c1.Cl. The van der Waals surface area contributed by atoms with Crippen LogP contribution in [0.3, 0.4) is 0 Å². The van der Waals surface area contributed by atoms with Crippen molar-refractivity contribution in [1.82, 2.24) is 16.0 Å². The first-order valence-corrected chi connectivity index (χ1v) is 7.30. The van der Waals surface area contributed by atoms with Crippen molar-refractivity contribution in [1.29, 1.82) is 0 Å². The Bertz CT molecular complexity index is 510. The first-order chi connectivity index (χ1) is 10.2. The van der Waals surface area contributed by atoms with Crippen LogP contribution in [0.5, 0.6) is 0 Å². The molecule has 0 bridgehead atoms. The minimum absolute atomic E-state index is 0. The number of benzene rings is 1. The number of nitrogens with one attached hydrogen (secondary N) is 3. The topological polar surface area (TPSA) is 73.5 Å². The number of anilines is 1. The molecule has 1 fully saturated rings. The molecular formula is C15H23ClN4O2. The van der Waals surface area contributed by atoms with Gasteiger partial charge in [-0.25, -0.2) is 4.79 Å². The van der Waals surface area contributed by atoms with Crippen molar-refractivity contribution in [2.24, 2.45) is 0 Å². The molecule has 0 aromatic heterocycles. The summed E-state index contributed by atoms with van der Waals surface area (Å²) in [5, 5.41) is 8.72. The Morgan fingerprint density at radius 2 is 2.18 bits per heavy atom. The van der Waals surface area contributed by atoms with E-state index >= 15 is 0 Å². The van der Waals surface area contributed by atoms with Crippen LogP contribution in [0.15, 0.2) is 24.3 Å². The average Bonchev–Trinajstić information content (AvgIpc) is 2.52. The maximum absolute atomic E-state index is 12.1. The van der Waals surface area contributed by atoms with Crippen LogP contribution in [0.25, 0.3) is 0 Å². The van der Waals surface area contributed by atoms with Crippen molar-refractivity contribution >= 4 is 30.0 Å². The summed E-state index contributed by atoms with van der Waals surface area (Å²) < 4.78 is 0. The second kappa shape index (κ2) is 9.27. The molecule has 1 saturated heterocycles. The molecule has 2 rings (SSSR count). The number of halogens is 1. The highest BCUT2D eigenvalue weighted by Gasteiger charge is 2.19. The van der Waals surface area contributed by atoms with Crippen molar-refractivity contribution in [2.45, 2.75) is 12.8 Å². The van der Waals surface area contributed by atoms with Crippen LogP contribution in [-0.4, -0.2) is 45.2 Å². The van der Waals surface area contributed by atoms with Gasteiger partial charge in [-0.15, -0.1) is 12.4 Å². The molecule has 3 N–H and O–H groups in total. The maximum atomic E-state index is 12.1. The van der Waals surface area contributed by atoms with Crippen molar-refractivity contribution in [3.8, 4) is 0 Å². The summed E-state index contributed by atoms with van der Waals surface area (Å²) in [6.07, 6.45) is 1.79. The fraction of sp³-hybridized carbons (Fsp3) is 0.467. The first kappa shape index (κ1) is 18.3. The number of hydrogen-bond donors (Lipinski definition) is 3. The third-order valence-electron chi connectivity index (χ3n) is 3.39. The summed E-state index contributed by atoms with van der Waals surface area (Å²) in [7, 11) is 1.88. The lowest BCUT2D eigenvalue weighted by atomic mass is 10.1. The average molecular weight is 327 g/mol. The van der Waals surface area contributed by atoms with E-state index in [1.54, 1.807) is 23.1 Å². The molecule has 1 heterocycles. The number of nitrogens with zero attached hydrogens (tertiary/aromatic N) is 1. The zero-order valence-electron chi connectivity index (χ0n) is 12.7. The summed E-state index contributed by atoms with van der Waals surface area (Å²) in [6, 6.07) is 7.08. The smallest absolute Gasteiger partial charge is 0.321 e. The van der Waals surface area contributed by atoms with Crippen LogP contribution in [0, 0.1) is 0 Å². The molecule has 0 radical (unpaired) electrons. The molecule has 7 heteroatoms. The maximum Gasteiger partial charge on any atom is 0.321 e. The normalized spacial score (nSPS) is 14.0.